The van der Waals surface area contributed by atoms with Crippen LogP contribution in [0.25, 0.3) is 11.1 Å². The van der Waals surface area contributed by atoms with E-state index < -0.39 is 0 Å². The molecule has 0 amide bonds. The van der Waals surface area contributed by atoms with Gasteiger partial charge >= 0.3 is 0 Å². The highest BCUT2D eigenvalue weighted by Crippen LogP contribution is 2.40. The molecule has 0 spiro atoms. The predicted octanol–water partition coefficient (Wildman–Crippen LogP) is 5.13. The van der Waals surface area contributed by atoms with Gasteiger partial charge in [-0.05, 0) is 16.7 Å². The molecule has 3 aromatic rings. The molecule has 4 nitrogen and oxygen atoms in total. The molecule has 0 aliphatic heterocycles. The highest BCUT2D eigenvalue weighted by atomic mass is 16.5. The summed E-state index contributed by atoms with van der Waals surface area (Å²) in [6.45, 7) is 0. The van der Waals surface area contributed by atoms with Gasteiger partial charge < -0.3 is 14.2 Å². The standard InChI is InChI=1S/C22H21NO3/c1-24-20-13-19(14-21(25-2)22(20)26-3)23-15-16-9-11-18(12-10-16)17-7-5-4-6-8-17/h4-15H,1-3H3. The van der Waals surface area contributed by atoms with E-state index in [1.165, 1.54) is 11.1 Å². The molecule has 3 rings (SSSR count). The smallest absolute Gasteiger partial charge is 0.203 e. The van der Waals surface area contributed by atoms with Crippen molar-refractivity contribution in [1.29, 1.82) is 0 Å². The van der Waals surface area contributed by atoms with Crippen molar-refractivity contribution in [2.24, 2.45) is 4.99 Å². The first-order valence-electron chi connectivity index (χ1n) is 8.24. The summed E-state index contributed by atoms with van der Waals surface area (Å²) in [7, 11) is 4.76. The van der Waals surface area contributed by atoms with Crippen LogP contribution >= 0.6 is 0 Å². The van der Waals surface area contributed by atoms with Gasteiger partial charge in [-0.15, -0.1) is 0 Å². The van der Waals surface area contributed by atoms with E-state index in [0.717, 1.165) is 11.3 Å². The van der Waals surface area contributed by atoms with Crippen LogP contribution in [0.15, 0.2) is 71.7 Å². The summed E-state index contributed by atoms with van der Waals surface area (Å²) in [4.78, 5) is 4.53. The molecule has 4 heteroatoms. The molecule has 3 aromatic carbocycles. The molecular formula is C22H21NO3. The third-order valence-electron chi connectivity index (χ3n) is 4.03. The maximum absolute atomic E-state index is 5.36. The lowest BCUT2D eigenvalue weighted by Crippen LogP contribution is -1.94. The Bertz CT molecular complexity index is 862. The Morgan fingerprint density at radius 1 is 0.692 bits per heavy atom. The van der Waals surface area contributed by atoms with Crippen molar-refractivity contribution in [3.05, 3.63) is 72.3 Å². The number of rotatable bonds is 6. The van der Waals surface area contributed by atoms with Crippen LogP contribution in [0, 0.1) is 0 Å². The average molecular weight is 347 g/mol. The van der Waals surface area contributed by atoms with Crippen molar-refractivity contribution in [3.8, 4) is 28.4 Å². The number of aliphatic imine (C=N–C) groups is 1. The van der Waals surface area contributed by atoms with E-state index in [4.69, 9.17) is 14.2 Å². The quantitative estimate of drug-likeness (QED) is 0.580. The molecule has 0 N–H and O–H groups in total. The van der Waals surface area contributed by atoms with Gasteiger partial charge in [-0.25, -0.2) is 0 Å². The highest BCUT2D eigenvalue weighted by Gasteiger charge is 2.12. The molecule has 0 unspecified atom stereocenters. The zero-order valence-corrected chi connectivity index (χ0v) is 15.1. The SMILES string of the molecule is COc1cc(N=Cc2ccc(-c3ccccc3)cc2)cc(OC)c1OC. The maximum Gasteiger partial charge on any atom is 0.203 e. The summed E-state index contributed by atoms with van der Waals surface area (Å²) in [6, 6.07) is 22.2. The monoisotopic (exact) mass is 347 g/mol. The van der Waals surface area contributed by atoms with Crippen LogP contribution in [0.2, 0.25) is 0 Å². The van der Waals surface area contributed by atoms with E-state index in [1.54, 1.807) is 21.3 Å². The molecular weight excluding hydrogens is 326 g/mol. The second kappa shape index (κ2) is 8.21. The fraction of sp³-hybridized carbons (Fsp3) is 0.136. The Labute approximate surface area is 153 Å². The zero-order chi connectivity index (χ0) is 18.4. The van der Waals surface area contributed by atoms with Gasteiger partial charge in [-0.3, -0.25) is 4.99 Å². The average Bonchev–Trinajstić information content (AvgIpc) is 2.72. The number of benzene rings is 3. The summed E-state index contributed by atoms with van der Waals surface area (Å²) < 4.78 is 16.0. The first kappa shape index (κ1) is 17.5. The second-order valence-electron chi connectivity index (χ2n) is 5.63. The summed E-state index contributed by atoms with van der Waals surface area (Å²) in [5.74, 6) is 1.72. The number of hydrogen-bond donors (Lipinski definition) is 0. The molecule has 0 aliphatic carbocycles. The van der Waals surface area contributed by atoms with Crippen LogP contribution in [0.3, 0.4) is 0 Å². The molecule has 0 saturated heterocycles. The Hall–Kier alpha value is -3.27. The Kier molecular flexibility index (Phi) is 5.54. The van der Waals surface area contributed by atoms with Gasteiger partial charge in [-0.2, -0.15) is 0 Å². The minimum atomic E-state index is 0.557. The van der Waals surface area contributed by atoms with Crippen LogP contribution in [0.5, 0.6) is 17.2 Å². The third-order valence-corrected chi connectivity index (χ3v) is 4.03. The molecule has 26 heavy (non-hydrogen) atoms. The van der Waals surface area contributed by atoms with E-state index in [0.29, 0.717) is 17.2 Å². The fourth-order valence-electron chi connectivity index (χ4n) is 2.68. The predicted molar refractivity (Wildman–Crippen MR) is 105 cm³/mol. The maximum atomic E-state index is 5.36. The topological polar surface area (TPSA) is 40.0 Å². The van der Waals surface area contributed by atoms with Crippen molar-refractivity contribution in [1.82, 2.24) is 0 Å². The van der Waals surface area contributed by atoms with Gasteiger partial charge in [0.1, 0.15) is 0 Å². The largest absolute Gasteiger partial charge is 0.493 e. The Balaban J connectivity index is 1.83. The first-order chi connectivity index (χ1) is 12.7. The van der Waals surface area contributed by atoms with Crippen LogP contribution in [-0.2, 0) is 0 Å². The van der Waals surface area contributed by atoms with Crippen LogP contribution in [-0.4, -0.2) is 27.5 Å². The van der Waals surface area contributed by atoms with E-state index in [-0.39, 0.29) is 0 Å². The third kappa shape index (κ3) is 3.86. The van der Waals surface area contributed by atoms with Crippen LogP contribution in [0.4, 0.5) is 5.69 Å². The lowest BCUT2D eigenvalue weighted by molar-refractivity contribution is 0.324. The van der Waals surface area contributed by atoms with E-state index >= 15 is 0 Å². The summed E-state index contributed by atoms with van der Waals surface area (Å²) in [5, 5.41) is 0. The molecule has 0 saturated carbocycles. The van der Waals surface area contributed by atoms with Crippen molar-refractivity contribution < 1.29 is 14.2 Å². The van der Waals surface area contributed by atoms with Crippen molar-refractivity contribution in [2.45, 2.75) is 0 Å². The fourth-order valence-corrected chi connectivity index (χ4v) is 2.68. The van der Waals surface area contributed by atoms with Crippen molar-refractivity contribution >= 4 is 11.9 Å². The number of methoxy groups -OCH3 is 3. The van der Waals surface area contributed by atoms with Gasteiger partial charge in [0.15, 0.2) is 11.5 Å². The summed E-state index contributed by atoms with van der Waals surface area (Å²) in [6.07, 6.45) is 1.81. The van der Waals surface area contributed by atoms with Crippen LogP contribution in [0.1, 0.15) is 5.56 Å². The van der Waals surface area contributed by atoms with Gasteiger partial charge in [0.2, 0.25) is 5.75 Å². The first-order valence-corrected chi connectivity index (χ1v) is 8.24. The Morgan fingerprint density at radius 3 is 1.81 bits per heavy atom. The lowest BCUT2D eigenvalue weighted by atomic mass is 10.0. The number of nitrogens with zero attached hydrogens (tertiary/aromatic N) is 1. The molecule has 0 radical (unpaired) electrons. The molecule has 132 valence electrons. The molecule has 0 bridgehead atoms. The zero-order valence-electron chi connectivity index (χ0n) is 15.1. The van der Waals surface area contributed by atoms with Gasteiger partial charge in [0.05, 0.1) is 27.0 Å². The minimum absolute atomic E-state index is 0.557. The summed E-state index contributed by atoms with van der Waals surface area (Å²) in [5.41, 5.74) is 4.11. The molecule has 0 fully saturated rings. The number of ether oxygens (including phenoxy) is 3. The minimum Gasteiger partial charge on any atom is -0.493 e. The van der Waals surface area contributed by atoms with Gasteiger partial charge in [0, 0.05) is 18.3 Å². The van der Waals surface area contributed by atoms with Gasteiger partial charge in [-0.1, -0.05) is 54.6 Å². The highest BCUT2D eigenvalue weighted by molar-refractivity contribution is 5.83. The Morgan fingerprint density at radius 2 is 1.27 bits per heavy atom. The summed E-state index contributed by atoms with van der Waals surface area (Å²) >= 11 is 0. The van der Waals surface area contributed by atoms with Gasteiger partial charge in [0.25, 0.3) is 0 Å². The normalized spacial score (nSPS) is 10.7. The molecule has 0 heterocycles. The molecule has 0 atom stereocenters. The second-order valence-corrected chi connectivity index (χ2v) is 5.63. The molecule has 0 aliphatic rings. The van der Waals surface area contributed by atoms with E-state index in [9.17, 15) is 0 Å². The lowest BCUT2D eigenvalue weighted by Gasteiger charge is -2.12. The van der Waals surface area contributed by atoms with E-state index in [1.807, 2.05) is 48.7 Å². The number of hydrogen-bond acceptors (Lipinski definition) is 4. The van der Waals surface area contributed by atoms with Crippen LogP contribution < -0.4 is 14.2 Å². The van der Waals surface area contributed by atoms with Crippen molar-refractivity contribution in [3.63, 3.8) is 0 Å². The van der Waals surface area contributed by atoms with E-state index in [2.05, 4.69) is 29.3 Å². The van der Waals surface area contributed by atoms with Crippen molar-refractivity contribution in [2.75, 3.05) is 21.3 Å². The molecule has 0 aromatic heterocycles.